The number of phenols is 1. The van der Waals surface area contributed by atoms with E-state index in [9.17, 15) is 9.90 Å². The maximum absolute atomic E-state index is 11.5. The molecule has 0 atom stereocenters. The van der Waals surface area contributed by atoms with Crippen molar-refractivity contribution in [2.75, 3.05) is 13.7 Å². The lowest BCUT2D eigenvalue weighted by Gasteiger charge is -2.13. The fourth-order valence-electron chi connectivity index (χ4n) is 1.54. The van der Waals surface area contributed by atoms with Gasteiger partial charge in [-0.25, -0.2) is 0 Å². The largest absolute Gasteiger partial charge is 0.507 e. The molecule has 82 valence electrons. The predicted molar refractivity (Wildman–Crippen MR) is 57.5 cm³/mol. The van der Waals surface area contributed by atoms with Gasteiger partial charge in [0.25, 0.3) is 0 Å². The van der Waals surface area contributed by atoms with E-state index in [0.29, 0.717) is 22.4 Å². The summed E-state index contributed by atoms with van der Waals surface area (Å²) in [5.41, 5.74) is 6.93. The van der Waals surface area contributed by atoms with E-state index in [1.54, 1.807) is 19.9 Å². The second-order valence-electron chi connectivity index (χ2n) is 3.38. The first kappa shape index (κ1) is 11.5. The highest BCUT2D eigenvalue weighted by atomic mass is 16.5. The number of rotatable bonds is 3. The van der Waals surface area contributed by atoms with Crippen molar-refractivity contribution in [3.8, 4) is 11.5 Å². The van der Waals surface area contributed by atoms with Gasteiger partial charge in [-0.2, -0.15) is 0 Å². The minimum atomic E-state index is -0.196. The lowest BCUT2D eigenvalue weighted by atomic mass is 10.0. The molecule has 0 fully saturated rings. The second kappa shape index (κ2) is 4.31. The van der Waals surface area contributed by atoms with Gasteiger partial charge in [-0.3, -0.25) is 4.79 Å². The first-order chi connectivity index (χ1) is 7.02. The Morgan fingerprint density at radius 3 is 2.60 bits per heavy atom. The van der Waals surface area contributed by atoms with Crippen LogP contribution < -0.4 is 10.5 Å². The summed E-state index contributed by atoms with van der Waals surface area (Å²) in [6, 6.07) is 1.59. The number of phenolic OH excluding ortho intramolecular Hbond substituents is 1. The molecule has 0 amide bonds. The van der Waals surface area contributed by atoms with Crippen molar-refractivity contribution in [1.29, 1.82) is 0 Å². The Labute approximate surface area is 88.7 Å². The summed E-state index contributed by atoms with van der Waals surface area (Å²) >= 11 is 0. The van der Waals surface area contributed by atoms with Crippen LogP contribution in [0.15, 0.2) is 6.07 Å². The normalized spacial score (nSPS) is 10.1. The van der Waals surface area contributed by atoms with E-state index in [1.165, 1.54) is 7.11 Å². The van der Waals surface area contributed by atoms with E-state index in [4.69, 9.17) is 10.5 Å². The third-order valence-electron chi connectivity index (χ3n) is 2.36. The van der Waals surface area contributed by atoms with E-state index < -0.39 is 0 Å². The first-order valence-corrected chi connectivity index (χ1v) is 4.63. The van der Waals surface area contributed by atoms with Gasteiger partial charge in [0.15, 0.2) is 5.78 Å². The van der Waals surface area contributed by atoms with Crippen LogP contribution in [0.3, 0.4) is 0 Å². The summed E-state index contributed by atoms with van der Waals surface area (Å²) in [5, 5.41) is 9.67. The molecule has 15 heavy (non-hydrogen) atoms. The van der Waals surface area contributed by atoms with Crippen LogP contribution in [0.25, 0.3) is 0 Å². The fourth-order valence-corrected chi connectivity index (χ4v) is 1.54. The van der Waals surface area contributed by atoms with Crippen molar-refractivity contribution in [2.24, 2.45) is 5.73 Å². The van der Waals surface area contributed by atoms with Crippen LogP contribution in [0.4, 0.5) is 0 Å². The topological polar surface area (TPSA) is 72.5 Å². The van der Waals surface area contributed by atoms with Crippen LogP contribution in [0, 0.1) is 13.8 Å². The number of hydrogen-bond acceptors (Lipinski definition) is 4. The SMILES string of the molecule is COc1c(C(=O)CN)cc(C)c(O)c1C. The highest BCUT2D eigenvalue weighted by molar-refractivity contribution is 6.01. The van der Waals surface area contributed by atoms with Crippen LogP contribution in [0.2, 0.25) is 0 Å². The molecule has 1 rings (SSSR count). The minimum Gasteiger partial charge on any atom is -0.507 e. The summed E-state index contributed by atoms with van der Waals surface area (Å²) in [4.78, 5) is 11.5. The number of aryl methyl sites for hydroxylation is 1. The van der Waals surface area contributed by atoms with Crippen molar-refractivity contribution < 1.29 is 14.6 Å². The number of carbonyl (C=O) groups is 1. The smallest absolute Gasteiger partial charge is 0.180 e. The number of methoxy groups -OCH3 is 1. The van der Waals surface area contributed by atoms with Gasteiger partial charge in [0.05, 0.1) is 19.2 Å². The number of hydrogen-bond donors (Lipinski definition) is 2. The average Bonchev–Trinajstić information content (AvgIpc) is 2.24. The Morgan fingerprint density at radius 1 is 1.53 bits per heavy atom. The lowest BCUT2D eigenvalue weighted by Crippen LogP contribution is -2.15. The zero-order valence-electron chi connectivity index (χ0n) is 9.13. The van der Waals surface area contributed by atoms with Gasteiger partial charge >= 0.3 is 0 Å². The summed E-state index contributed by atoms with van der Waals surface area (Å²) in [6.45, 7) is 3.36. The minimum absolute atomic E-state index is 0.0694. The fraction of sp³-hybridized carbons (Fsp3) is 0.364. The molecule has 4 nitrogen and oxygen atoms in total. The van der Waals surface area contributed by atoms with Crippen LogP contribution in [-0.4, -0.2) is 24.5 Å². The summed E-state index contributed by atoms with van der Waals surface area (Å²) in [6.07, 6.45) is 0. The van der Waals surface area contributed by atoms with Crippen LogP contribution in [0.5, 0.6) is 11.5 Å². The van der Waals surface area contributed by atoms with Crippen LogP contribution in [0.1, 0.15) is 21.5 Å². The maximum Gasteiger partial charge on any atom is 0.180 e. The van der Waals surface area contributed by atoms with Gasteiger partial charge in [-0.15, -0.1) is 0 Å². The molecule has 1 aromatic rings. The van der Waals surface area contributed by atoms with Crippen molar-refractivity contribution >= 4 is 5.78 Å². The van der Waals surface area contributed by atoms with Crippen molar-refractivity contribution in [3.05, 3.63) is 22.8 Å². The Bertz CT molecular complexity index is 399. The molecule has 0 radical (unpaired) electrons. The first-order valence-electron chi connectivity index (χ1n) is 4.63. The quantitative estimate of drug-likeness (QED) is 0.733. The molecule has 4 heteroatoms. The Kier molecular flexibility index (Phi) is 3.31. The van der Waals surface area contributed by atoms with E-state index in [-0.39, 0.29) is 18.1 Å². The van der Waals surface area contributed by atoms with Gasteiger partial charge in [0, 0.05) is 5.56 Å². The van der Waals surface area contributed by atoms with Gasteiger partial charge in [0.1, 0.15) is 11.5 Å². The zero-order chi connectivity index (χ0) is 11.6. The highest BCUT2D eigenvalue weighted by Gasteiger charge is 2.17. The van der Waals surface area contributed by atoms with Crippen molar-refractivity contribution in [2.45, 2.75) is 13.8 Å². The van der Waals surface area contributed by atoms with E-state index in [0.717, 1.165) is 0 Å². The van der Waals surface area contributed by atoms with Crippen LogP contribution >= 0.6 is 0 Å². The molecule has 1 aromatic carbocycles. The Morgan fingerprint density at radius 2 is 2.13 bits per heavy atom. The third kappa shape index (κ3) is 1.94. The molecule has 0 aliphatic heterocycles. The van der Waals surface area contributed by atoms with Gasteiger partial charge < -0.3 is 15.6 Å². The zero-order valence-corrected chi connectivity index (χ0v) is 9.13. The number of nitrogens with two attached hydrogens (primary N) is 1. The lowest BCUT2D eigenvalue weighted by molar-refractivity contribution is 0.0998. The standard InChI is InChI=1S/C11H15NO3/c1-6-4-8(9(13)5-12)11(15-3)7(2)10(6)14/h4,14H,5,12H2,1-3H3. The van der Waals surface area contributed by atoms with Crippen LogP contribution in [-0.2, 0) is 0 Å². The van der Waals surface area contributed by atoms with Crippen molar-refractivity contribution in [1.82, 2.24) is 0 Å². The molecule has 0 aliphatic carbocycles. The molecule has 3 N–H and O–H groups in total. The molecule has 0 spiro atoms. The molecule has 0 saturated heterocycles. The molecule has 0 unspecified atom stereocenters. The average molecular weight is 209 g/mol. The number of carbonyl (C=O) groups excluding carboxylic acids is 1. The van der Waals surface area contributed by atoms with Crippen molar-refractivity contribution in [3.63, 3.8) is 0 Å². The number of aromatic hydroxyl groups is 1. The van der Waals surface area contributed by atoms with Gasteiger partial charge in [0.2, 0.25) is 0 Å². The number of ether oxygens (including phenoxy) is 1. The number of benzene rings is 1. The van der Waals surface area contributed by atoms with E-state index >= 15 is 0 Å². The predicted octanol–water partition coefficient (Wildman–Crippen LogP) is 1.16. The molecule has 0 bridgehead atoms. The Hall–Kier alpha value is -1.55. The summed E-state index contributed by atoms with van der Waals surface area (Å²) in [7, 11) is 1.46. The number of ketones is 1. The highest BCUT2D eigenvalue weighted by Crippen LogP contribution is 2.33. The van der Waals surface area contributed by atoms with E-state index in [1.807, 2.05) is 0 Å². The molecule has 0 aromatic heterocycles. The second-order valence-corrected chi connectivity index (χ2v) is 3.38. The molecular weight excluding hydrogens is 194 g/mol. The summed E-state index contributed by atoms with van der Waals surface area (Å²) in [5.74, 6) is 0.354. The molecule has 0 heterocycles. The van der Waals surface area contributed by atoms with E-state index in [2.05, 4.69) is 0 Å². The molecule has 0 saturated carbocycles. The Balaban J connectivity index is 3.45. The van der Waals surface area contributed by atoms with Gasteiger partial charge in [-0.1, -0.05) is 0 Å². The molecular formula is C11H15NO3. The monoisotopic (exact) mass is 209 g/mol. The summed E-state index contributed by atoms with van der Waals surface area (Å²) < 4.78 is 5.10. The molecule has 0 aliphatic rings. The van der Waals surface area contributed by atoms with Gasteiger partial charge in [-0.05, 0) is 25.5 Å². The number of Topliss-reactive ketones (excluding diaryl/α,β-unsaturated/α-hetero) is 1. The third-order valence-corrected chi connectivity index (χ3v) is 2.36. The maximum atomic E-state index is 11.5.